The van der Waals surface area contributed by atoms with Gasteiger partial charge in [-0.15, -0.1) is 0 Å². The van der Waals surface area contributed by atoms with Crippen molar-refractivity contribution in [1.29, 1.82) is 0 Å². The van der Waals surface area contributed by atoms with Crippen LogP contribution in [0.4, 0.5) is 0 Å². The molecule has 0 aliphatic carbocycles. The Labute approximate surface area is 106 Å². The fourth-order valence-corrected chi connectivity index (χ4v) is 2.86. The zero-order chi connectivity index (χ0) is 13.3. The van der Waals surface area contributed by atoms with Crippen molar-refractivity contribution in [3.8, 4) is 0 Å². The minimum atomic E-state index is -4.26. The molecule has 18 heavy (non-hydrogen) atoms. The summed E-state index contributed by atoms with van der Waals surface area (Å²) < 4.78 is 22.7. The number of aromatic nitrogens is 2. The topological polar surface area (TPSA) is 96.6 Å². The fourth-order valence-electron chi connectivity index (χ4n) is 1.77. The number of rotatable bonds is 4. The predicted molar refractivity (Wildman–Crippen MR) is 61.0 cm³/mol. The van der Waals surface area contributed by atoms with Crippen LogP contribution in [0.2, 0.25) is 0 Å². The lowest BCUT2D eigenvalue weighted by Gasteiger charge is -2.27. The van der Waals surface area contributed by atoms with Gasteiger partial charge in [-0.2, -0.15) is 0 Å². The molecule has 4 atom stereocenters. The monoisotopic (exact) mass is 271 g/mol. The molecule has 0 amide bonds. The minimum absolute atomic E-state index is 0.265. The highest BCUT2D eigenvalue weighted by Crippen LogP contribution is 2.40. The Balaban J connectivity index is 1.98. The SMILES string of the molecule is [B]C1CC(O)C(COP(=O)([O-])n2ccnc2C)O1. The van der Waals surface area contributed by atoms with E-state index in [0.717, 1.165) is 4.34 Å². The van der Waals surface area contributed by atoms with E-state index in [1.54, 1.807) is 6.92 Å². The standard InChI is InChI=1S/C9H14BN2O5P/c1-6-11-2-3-12(6)18(14,15)16-5-8-7(13)4-9(10)17-8/h2-3,7-9,13H,4-5H2,1H3,(H,14,15)/p-1. The summed E-state index contributed by atoms with van der Waals surface area (Å²) in [5.74, 6) is 0.304. The quantitative estimate of drug-likeness (QED) is 0.567. The Bertz CT molecular complexity index is 468. The molecular formula is C9H13BN2O5P-. The van der Waals surface area contributed by atoms with E-state index in [1.165, 1.54) is 12.4 Å². The Hall–Kier alpha value is -0.655. The first kappa shape index (κ1) is 13.8. The van der Waals surface area contributed by atoms with Gasteiger partial charge in [0.1, 0.15) is 19.8 Å². The van der Waals surface area contributed by atoms with Gasteiger partial charge in [0.15, 0.2) is 0 Å². The van der Waals surface area contributed by atoms with Crippen LogP contribution in [0.15, 0.2) is 12.4 Å². The molecule has 1 aromatic rings. The zero-order valence-electron chi connectivity index (χ0n) is 9.80. The summed E-state index contributed by atoms with van der Waals surface area (Å²) in [6.45, 7) is 1.28. The van der Waals surface area contributed by atoms with Crippen molar-refractivity contribution in [3.05, 3.63) is 18.2 Å². The third-order valence-corrected chi connectivity index (χ3v) is 4.15. The van der Waals surface area contributed by atoms with Gasteiger partial charge in [0.25, 0.3) is 0 Å². The van der Waals surface area contributed by atoms with E-state index in [2.05, 4.69) is 4.98 Å². The predicted octanol–water partition coefficient (Wildman–Crippen LogP) is -0.831. The molecule has 1 fully saturated rings. The molecule has 1 N–H and O–H groups in total. The van der Waals surface area contributed by atoms with Crippen LogP contribution in [-0.2, 0) is 13.8 Å². The van der Waals surface area contributed by atoms with Crippen LogP contribution in [0.25, 0.3) is 0 Å². The lowest BCUT2D eigenvalue weighted by atomic mass is 9.96. The number of aliphatic hydroxyl groups is 1. The molecule has 1 aliphatic heterocycles. The van der Waals surface area contributed by atoms with Crippen molar-refractivity contribution in [2.24, 2.45) is 0 Å². The summed E-state index contributed by atoms with van der Waals surface area (Å²) in [7, 11) is 1.21. The fraction of sp³-hybridized carbons (Fsp3) is 0.667. The molecule has 1 aromatic heterocycles. The van der Waals surface area contributed by atoms with Crippen molar-refractivity contribution in [3.63, 3.8) is 0 Å². The summed E-state index contributed by atoms with van der Waals surface area (Å²) in [5.41, 5.74) is 0. The van der Waals surface area contributed by atoms with Crippen molar-refractivity contribution in [2.45, 2.75) is 31.6 Å². The van der Waals surface area contributed by atoms with Gasteiger partial charge in [0, 0.05) is 18.4 Å². The number of aryl methyl sites for hydroxylation is 1. The maximum atomic E-state index is 11.8. The number of aliphatic hydroxyl groups excluding tert-OH is 1. The Morgan fingerprint density at radius 3 is 3.06 bits per heavy atom. The molecule has 1 saturated heterocycles. The molecule has 1 aliphatic rings. The largest absolute Gasteiger partial charge is 0.761 e. The summed E-state index contributed by atoms with van der Waals surface area (Å²) in [4.78, 5) is 15.6. The van der Waals surface area contributed by atoms with Gasteiger partial charge < -0.3 is 19.3 Å². The molecule has 9 heteroatoms. The zero-order valence-corrected chi connectivity index (χ0v) is 10.7. The lowest BCUT2D eigenvalue weighted by molar-refractivity contribution is -0.204. The smallest absolute Gasteiger partial charge is 0.237 e. The second-order valence-electron chi connectivity index (χ2n) is 4.10. The van der Waals surface area contributed by atoms with E-state index < -0.39 is 26.0 Å². The summed E-state index contributed by atoms with van der Waals surface area (Å²) in [6, 6.07) is -0.588. The molecule has 7 nitrogen and oxygen atoms in total. The third-order valence-electron chi connectivity index (χ3n) is 2.72. The Morgan fingerprint density at radius 1 is 1.83 bits per heavy atom. The number of imidazole rings is 1. The highest BCUT2D eigenvalue weighted by molar-refractivity contribution is 7.49. The summed E-state index contributed by atoms with van der Waals surface area (Å²) in [6.07, 6.45) is 1.37. The first-order valence-electron chi connectivity index (χ1n) is 5.45. The van der Waals surface area contributed by atoms with Crippen molar-refractivity contribution in [1.82, 2.24) is 9.32 Å². The second kappa shape index (κ2) is 5.15. The number of nitrogens with zero attached hydrogens (tertiary/aromatic N) is 2. The lowest BCUT2D eigenvalue weighted by Crippen LogP contribution is -2.28. The van der Waals surface area contributed by atoms with Gasteiger partial charge in [-0.25, -0.2) is 4.98 Å². The number of hydrogen-bond donors (Lipinski definition) is 1. The van der Waals surface area contributed by atoms with Crippen LogP contribution < -0.4 is 4.89 Å². The van der Waals surface area contributed by atoms with Crippen LogP contribution in [0.5, 0.6) is 0 Å². The van der Waals surface area contributed by atoms with E-state index in [4.69, 9.17) is 17.1 Å². The first-order chi connectivity index (χ1) is 8.40. The number of ether oxygens (including phenoxy) is 1. The van der Waals surface area contributed by atoms with Crippen LogP contribution in [-0.4, -0.2) is 47.1 Å². The highest BCUT2D eigenvalue weighted by Gasteiger charge is 2.32. The van der Waals surface area contributed by atoms with Crippen LogP contribution in [0.1, 0.15) is 12.2 Å². The number of hydrogen-bond acceptors (Lipinski definition) is 6. The van der Waals surface area contributed by atoms with Gasteiger partial charge in [0.2, 0.25) is 7.75 Å². The van der Waals surface area contributed by atoms with Crippen LogP contribution in [0.3, 0.4) is 0 Å². The highest BCUT2D eigenvalue weighted by atomic mass is 31.2. The molecule has 4 unspecified atom stereocenters. The Kier molecular flexibility index (Phi) is 3.94. The second-order valence-corrected chi connectivity index (χ2v) is 5.73. The van der Waals surface area contributed by atoms with E-state index in [1.807, 2.05) is 0 Å². The van der Waals surface area contributed by atoms with Gasteiger partial charge in [-0.3, -0.25) is 8.90 Å². The molecule has 2 heterocycles. The van der Waals surface area contributed by atoms with Gasteiger partial charge in [0.05, 0.1) is 12.7 Å². The molecule has 0 spiro atoms. The minimum Gasteiger partial charge on any atom is -0.761 e. The Morgan fingerprint density at radius 2 is 2.56 bits per heavy atom. The molecule has 2 rings (SSSR count). The summed E-state index contributed by atoms with van der Waals surface area (Å²) >= 11 is 0. The maximum absolute atomic E-state index is 11.8. The van der Waals surface area contributed by atoms with Crippen LogP contribution >= 0.6 is 7.75 Å². The first-order valence-corrected chi connectivity index (χ1v) is 6.95. The maximum Gasteiger partial charge on any atom is 0.237 e. The van der Waals surface area contributed by atoms with Gasteiger partial charge in [-0.05, 0) is 13.3 Å². The van der Waals surface area contributed by atoms with E-state index >= 15 is 0 Å². The average molecular weight is 271 g/mol. The molecule has 0 aromatic carbocycles. The van der Waals surface area contributed by atoms with E-state index in [9.17, 15) is 14.6 Å². The summed E-state index contributed by atoms with van der Waals surface area (Å²) in [5, 5.41) is 9.55. The normalized spacial score (nSPS) is 31.4. The molecule has 0 bridgehead atoms. The average Bonchev–Trinajstić information content (AvgIpc) is 2.82. The third kappa shape index (κ3) is 2.84. The van der Waals surface area contributed by atoms with Gasteiger partial charge in [-0.1, -0.05) is 0 Å². The van der Waals surface area contributed by atoms with Crippen molar-refractivity contribution < 1.29 is 23.8 Å². The van der Waals surface area contributed by atoms with Crippen molar-refractivity contribution in [2.75, 3.05) is 6.61 Å². The van der Waals surface area contributed by atoms with Crippen molar-refractivity contribution >= 4 is 15.6 Å². The van der Waals surface area contributed by atoms with Gasteiger partial charge >= 0.3 is 0 Å². The van der Waals surface area contributed by atoms with E-state index in [-0.39, 0.29) is 13.0 Å². The van der Waals surface area contributed by atoms with Crippen LogP contribution in [0, 0.1) is 6.92 Å². The molecule has 98 valence electrons. The molecule has 2 radical (unpaired) electrons. The molecule has 0 saturated carbocycles. The van der Waals surface area contributed by atoms with E-state index in [0.29, 0.717) is 5.82 Å². The molecular weight excluding hydrogens is 258 g/mol.